The molecule has 0 unspecified atom stereocenters. The number of hydrogen-bond donors (Lipinski definition) is 1. The summed E-state index contributed by atoms with van der Waals surface area (Å²) in [5, 5.41) is 0. The molecule has 150 valence electrons. The number of quaternary nitrogens is 1. The second-order valence-electron chi connectivity index (χ2n) is 6.95. The highest BCUT2D eigenvalue weighted by molar-refractivity contribution is 7.89. The lowest BCUT2D eigenvalue weighted by molar-refractivity contribution is -0.917. The SMILES string of the molecule is COc1ccccc1C[NH+]1CCN(S(=O)(=O)c2ccc3c(c2)OCCO3)CC1. The van der Waals surface area contributed by atoms with Gasteiger partial charge in [0.15, 0.2) is 11.5 Å². The van der Waals surface area contributed by atoms with Gasteiger partial charge in [0, 0.05) is 11.6 Å². The van der Waals surface area contributed by atoms with Gasteiger partial charge in [-0.3, -0.25) is 0 Å². The lowest BCUT2D eigenvalue weighted by atomic mass is 10.2. The highest BCUT2D eigenvalue weighted by Crippen LogP contribution is 2.33. The summed E-state index contributed by atoms with van der Waals surface area (Å²) in [5.41, 5.74) is 1.14. The number of methoxy groups -OCH3 is 1. The minimum atomic E-state index is -3.54. The molecule has 28 heavy (non-hydrogen) atoms. The van der Waals surface area contributed by atoms with E-state index in [1.165, 1.54) is 4.90 Å². The van der Waals surface area contributed by atoms with Gasteiger partial charge in [0.05, 0.1) is 38.2 Å². The number of nitrogens with one attached hydrogen (secondary N) is 1. The van der Waals surface area contributed by atoms with Crippen molar-refractivity contribution in [2.45, 2.75) is 11.4 Å². The maximum absolute atomic E-state index is 13.0. The summed E-state index contributed by atoms with van der Waals surface area (Å²) >= 11 is 0. The Morgan fingerprint density at radius 1 is 1.04 bits per heavy atom. The Morgan fingerprint density at radius 3 is 2.50 bits per heavy atom. The fourth-order valence-electron chi connectivity index (χ4n) is 3.67. The van der Waals surface area contributed by atoms with Crippen molar-refractivity contribution < 1.29 is 27.5 Å². The monoisotopic (exact) mass is 405 g/mol. The Hall–Kier alpha value is -2.29. The van der Waals surface area contributed by atoms with E-state index >= 15 is 0 Å². The van der Waals surface area contributed by atoms with E-state index in [0.29, 0.717) is 37.8 Å². The molecule has 0 radical (unpaired) electrons. The standard InChI is InChI=1S/C20H24N2O5S/c1-25-18-5-3-2-4-16(18)15-21-8-10-22(11-9-21)28(23,24)17-6-7-19-20(14-17)27-13-12-26-19/h2-7,14H,8-13,15H2,1H3/p+1. The molecular formula is C20H25N2O5S+. The van der Waals surface area contributed by atoms with Crippen molar-refractivity contribution in [1.82, 2.24) is 4.31 Å². The Morgan fingerprint density at radius 2 is 1.75 bits per heavy atom. The fourth-order valence-corrected chi connectivity index (χ4v) is 5.13. The van der Waals surface area contributed by atoms with Crippen molar-refractivity contribution in [2.24, 2.45) is 0 Å². The highest BCUT2D eigenvalue weighted by atomic mass is 32.2. The molecule has 0 atom stereocenters. The third-order valence-electron chi connectivity index (χ3n) is 5.21. The molecule has 0 bridgehead atoms. The van der Waals surface area contributed by atoms with E-state index < -0.39 is 10.0 Å². The van der Waals surface area contributed by atoms with E-state index in [9.17, 15) is 8.42 Å². The summed E-state index contributed by atoms with van der Waals surface area (Å²) in [5.74, 6) is 1.96. The molecule has 0 amide bonds. The van der Waals surface area contributed by atoms with Gasteiger partial charge in [-0.15, -0.1) is 0 Å². The molecule has 0 saturated carbocycles. The minimum absolute atomic E-state index is 0.255. The molecular weight excluding hydrogens is 380 g/mol. The minimum Gasteiger partial charge on any atom is -0.496 e. The topological polar surface area (TPSA) is 69.5 Å². The predicted molar refractivity (Wildman–Crippen MR) is 104 cm³/mol. The van der Waals surface area contributed by atoms with Gasteiger partial charge in [-0.2, -0.15) is 4.31 Å². The molecule has 2 heterocycles. The van der Waals surface area contributed by atoms with Crippen LogP contribution in [0.3, 0.4) is 0 Å². The van der Waals surface area contributed by atoms with Gasteiger partial charge < -0.3 is 19.1 Å². The third-order valence-corrected chi connectivity index (χ3v) is 7.11. The number of nitrogens with zero attached hydrogens (tertiary/aromatic N) is 1. The van der Waals surface area contributed by atoms with E-state index in [1.54, 1.807) is 29.6 Å². The zero-order chi connectivity index (χ0) is 19.6. The first-order chi connectivity index (χ1) is 13.6. The van der Waals surface area contributed by atoms with Gasteiger partial charge in [-0.1, -0.05) is 12.1 Å². The smallest absolute Gasteiger partial charge is 0.243 e. The third kappa shape index (κ3) is 3.80. The van der Waals surface area contributed by atoms with Crippen LogP contribution in [0.5, 0.6) is 17.2 Å². The number of para-hydroxylation sites is 1. The lowest BCUT2D eigenvalue weighted by Crippen LogP contribution is -3.13. The molecule has 2 aromatic rings. The van der Waals surface area contributed by atoms with Gasteiger partial charge >= 0.3 is 0 Å². The molecule has 0 aromatic heterocycles. The molecule has 1 saturated heterocycles. The molecule has 1 fully saturated rings. The summed E-state index contributed by atoms with van der Waals surface area (Å²) in [6, 6.07) is 12.8. The highest BCUT2D eigenvalue weighted by Gasteiger charge is 2.31. The molecule has 0 spiro atoms. The first-order valence-electron chi connectivity index (χ1n) is 9.43. The van der Waals surface area contributed by atoms with Crippen LogP contribution in [0.4, 0.5) is 0 Å². The van der Waals surface area contributed by atoms with Crippen LogP contribution < -0.4 is 19.1 Å². The molecule has 4 rings (SSSR count). The Labute approximate surface area is 165 Å². The van der Waals surface area contributed by atoms with Crippen molar-refractivity contribution in [3.8, 4) is 17.2 Å². The van der Waals surface area contributed by atoms with Crippen LogP contribution in [0.25, 0.3) is 0 Å². The summed E-state index contributed by atoms with van der Waals surface area (Å²) in [4.78, 5) is 1.60. The number of benzene rings is 2. The zero-order valence-corrected chi connectivity index (χ0v) is 16.7. The van der Waals surface area contributed by atoms with Crippen LogP contribution in [0.15, 0.2) is 47.4 Å². The van der Waals surface area contributed by atoms with Gasteiger partial charge in [-0.05, 0) is 24.3 Å². The lowest BCUT2D eigenvalue weighted by Gasteiger charge is -2.32. The van der Waals surface area contributed by atoms with Crippen LogP contribution in [0.2, 0.25) is 0 Å². The number of sulfonamides is 1. The molecule has 1 N–H and O–H groups in total. The van der Waals surface area contributed by atoms with Crippen LogP contribution in [-0.2, 0) is 16.6 Å². The Kier molecular flexibility index (Phi) is 5.43. The van der Waals surface area contributed by atoms with Crippen LogP contribution in [0.1, 0.15) is 5.56 Å². The van der Waals surface area contributed by atoms with Crippen molar-refractivity contribution in [3.63, 3.8) is 0 Å². The number of piperazine rings is 1. The van der Waals surface area contributed by atoms with E-state index in [0.717, 1.165) is 30.9 Å². The van der Waals surface area contributed by atoms with Crippen LogP contribution in [-0.4, -0.2) is 59.2 Å². The second kappa shape index (κ2) is 7.98. The number of ether oxygens (including phenoxy) is 3. The van der Waals surface area contributed by atoms with Gasteiger partial charge in [0.2, 0.25) is 10.0 Å². The number of hydrogen-bond acceptors (Lipinski definition) is 5. The summed E-state index contributed by atoms with van der Waals surface area (Å²) in [6.07, 6.45) is 0. The second-order valence-corrected chi connectivity index (χ2v) is 8.89. The van der Waals surface area contributed by atoms with E-state index in [1.807, 2.05) is 18.2 Å². The molecule has 8 heteroatoms. The fraction of sp³-hybridized carbons (Fsp3) is 0.400. The summed E-state index contributed by atoms with van der Waals surface area (Å²) in [6.45, 7) is 4.21. The molecule has 7 nitrogen and oxygen atoms in total. The van der Waals surface area contributed by atoms with E-state index in [4.69, 9.17) is 14.2 Å². The largest absolute Gasteiger partial charge is 0.496 e. The average Bonchev–Trinajstić information content (AvgIpc) is 2.74. The zero-order valence-electron chi connectivity index (χ0n) is 15.9. The maximum atomic E-state index is 13.0. The normalized spacial score (nSPS) is 18.0. The first-order valence-corrected chi connectivity index (χ1v) is 10.9. The van der Waals surface area contributed by atoms with Gasteiger partial charge in [0.1, 0.15) is 25.5 Å². The number of rotatable bonds is 5. The predicted octanol–water partition coefficient (Wildman–Crippen LogP) is 0.556. The van der Waals surface area contributed by atoms with Gasteiger partial charge in [-0.25, -0.2) is 8.42 Å². The summed E-state index contributed by atoms with van der Waals surface area (Å²) in [7, 11) is -1.87. The van der Waals surface area contributed by atoms with Crippen LogP contribution >= 0.6 is 0 Å². The molecule has 0 aliphatic carbocycles. The average molecular weight is 405 g/mol. The molecule has 2 aromatic carbocycles. The van der Waals surface area contributed by atoms with Gasteiger partial charge in [0.25, 0.3) is 0 Å². The Balaban J connectivity index is 1.43. The van der Waals surface area contributed by atoms with E-state index in [2.05, 4.69) is 6.07 Å². The van der Waals surface area contributed by atoms with Crippen molar-refractivity contribution in [1.29, 1.82) is 0 Å². The molecule has 2 aliphatic rings. The Bertz CT molecular complexity index is 939. The quantitative estimate of drug-likeness (QED) is 0.787. The number of fused-ring (bicyclic) bond motifs is 1. The first kappa shape index (κ1) is 19.0. The van der Waals surface area contributed by atoms with E-state index in [-0.39, 0.29) is 4.90 Å². The van der Waals surface area contributed by atoms with Crippen molar-refractivity contribution in [3.05, 3.63) is 48.0 Å². The van der Waals surface area contributed by atoms with Crippen molar-refractivity contribution in [2.75, 3.05) is 46.5 Å². The molecule has 2 aliphatic heterocycles. The van der Waals surface area contributed by atoms with Crippen molar-refractivity contribution >= 4 is 10.0 Å². The van der Waals surface area contributed by atoms with Crippen LogP contribution in [0, 0.1) is 0 Å². The summed E-state index contributed by atoms with van der Waals surface area (Å²) < 4.78 is 44.1. The maximum Gasteiger partial charge on any atom is 0.243 e.